The van der Waals surface area contributed by atoms with E-state index in [4.69, 9.17) is 0 Å². The predicted molar refractivity (Wildman–Crippen MR) is 87.2 cm³/mol. The Labute approximate surface area is 122 Å². The minimum Gasteiger partial charge on any atom is -0.143 e. The number of rotatable bonds is 4. The maximum Gasteiger partial charge on any atom is 0.00777 e. The van der Waals surface area contributed by atoms with Crippen molar-refractivity contribution in [1.82, 2.24) is 0 Å². The predicted octanol–water partition coefficient (Wildman–Crippen LogP) is 5.60. The van der Waals surface area contributed by atoms with E-state index in [1.807, 2.05) is 0 Å². The third-order valence-electron chi connectivity index (χ3n) is 3.73. The van der Waals surface area contributed by atoms with Crippen LogP contribution in [0.5, 0.6) is 0 Å². The SMILES string of the molecule is CCCCc1c(S)cc(C)c(-c2ccccc2)c1C. The van der Waals surface area contributed by atoms with Crippen LogP contribution >= 0.6 is 12.6 Å². The molecule has 0 fully saturated rings. The number of unbranched alkanes of at least 4 members (excludes halogenated alkanes) is 1. The van der Waals surface area contributed by atoms with E-state index < -0.39 is 0 Å². The van der Waals surface area contributed by atoms with Crippen LogP contribution in [-0.2, 0) is 6.42 Å². The lowest BCUT2D eigenvalue weighted by atomic mass is 9.90. The molecule has 0 amide bonds. The largest absolute Gasteiger partial charge is 0.143 e. The van der Waals surface area contributed by atoms with Crippen LogP contribution in [-0.4, -0.2) is 0 Å². The average Bonchev–Trinajstić information content (AvgIpc) is 2.39. The van der Waals surface area contributed by atoms with Gasteiger partial charge in [-0.25, -0.2) is 0 Å². The van der Waals surface area contributed by atoms with Gasteiger partial charge in [-0.15, -0.1) is 12.6 Å². The third-order valence-corrected chi connectivity index (χ3v) is 4.13. The Hall–Kier alpha value is -1.21. The summed E-state index contributed by atoms with van der Waals surface area (Å²) in [7, 11) is 0. The molecule has 0 saturated heterocycles. The van der Waals surface area contributed by atoms with Crippen LogP contribution in [0.1, 0.15) is 36.5 Å². The van der Waals surface area contributed by atoms with Crippen LogP contribution in [0.2, 0.25) is 0 Å². The Morgan fingerprint density at radius 2 is 1.74 bits per heavy atom. The zero-order chi connectivity index (χ0) is 13.8. The van der Waals surface area contributed by atoms with Crippen molar-refractivity contribution in [3.05, 3.63) is 53.1 Å². The second kappa shape index (κ2) is 6.29. The fourth-order valence-corrected chi connectivity index (χ4v) is 3.19. The van der Waals surface area contributed by atoms with E-state index in [1.165, 1.54) is 40.7 Å². The maximum absolute atomic E-state index is 4.67. The summed E-state index contributed by atoms with van der Waals surface area (Å²) in [6.07, 6.45) is 3.58. The molecule has 2 aromatic carbocycles. The molecule has 0 aliphatic carbocycles. The van der Waals surface area contributed by atoms with Gasteiger partial charge >= 0.3 is 0 Å². The molecule has 0 aliphatic rings. The first kappa shape index (κ1) is 14.2. The highest BCUT2D eigenvalue weighted by Gasteiger charge is 2.12. The molecule has 0 aromatic heterocycles. The monoisotopic (exact) mass is 270 g/mol. The summed E-state index contributed by atoms with van der Waals surface area (Å²) in [5.41, 5.74) is 6.81. The number of thiol groups is 1. The quantitative estimate of drug-likeness (QED) is 0.687. The highest BCUT2D eigenvalue weighted by atomic mass is 32.1. The Kier molecular flexibility index (Phi) is 4.71. The maximum atomic E-state index is 4.67. The Morgan fingerprint density at radius 1 is 1.05 bits per heavy atom. The molecule has 0 bridgehead atoms. The van der Waals surface area contributed by atoms with E-state index in [2.05, 4.69) is 69.8 Å². The molecule has 0 saturated carbocycles. The van der Waals surface area contributed by atoms with Crippen LogP contribution in [0.15, 0.2) is 41.3 Å². The van der Waals surface area contributed by atoms with Gasteiger partial charge in [-0.2, -0.15) is 0 Å². The van der Waals surface area contributed by atoms with Crippen molar-refractivity contribution in [2.45, 2.75) is 44.9 Å². The first-order valence-corrected chi connectivity index (χ1v) is 7.47. The molecule has 0 N–H and O–H groups in total. The molecule has 0 nitrogen and oxygen atoms in total. The van der Waals surface area contributed by atoms with Crippen molar-refractivity contribution in [1.29, 1.82) is 0 Å². The number of aryl methyl sites for hydroxylation is 1. The molecule has 0 heterocycles. The fourth-order valence-electron chi connectivity index (χ4n) is 2.72. The number of hydrogen-bond donors (Lipinski definition) is 1. The molecule has 19 heavy (non-hydrogen) atoms. The molecule has 1 heteroatoms. The van der Waals surface area contributed by atoms with Gasteiger partial charge in [-0.3, -0.25) is 0 Å². The zero-order valence-corrected chi connectivity index (χ0v) is 12.9. The van der Waals surface area contributed by atoms with Crippen LogP contribution in [0.25, 0.3) is 11.1 Å². The van der Waals surface area contributed by atoms with Crippen molar-refractivity contribution >= 4 is 12.6 Å². The summed E-state index contributed by atoms with van der Waals surface area (Å²) in [5.74, 6) is 0. The van der Waals surface area contributed by atoms with Crippen molar-refractivity contribution in [2.75, 3.05) is 0 Å². The van der Waals surface area contributed by atoms with Gasteiger partial charge in [0.15, 0.2) is 0 Å². The summed E-state index contributed by atoms with van der Waals surface area (Å²) < 4.78 is 0. The highest BCUT2D eigenvalue weighted by molar-refractivity contribution is 7.80. The Morgan fingerprint density at radius 3 is 2.37 bits per heavy atom. The molecule has 0 radical (unpaired) electrons. The van der Waals surface area contributed by atoms with Crippen molar-refractivity contribution in [2.24, 2.45) is 0 Å². The molecule has 0 atom stereocenters. The lowest BCUT2D eigenvalue weighted by Gasteiger charge is -2.17. The topological polar surface area (TPSA) is 0 Å². The summed E-state index contributed by atoms with van der Waals surface area (Å²) in [6.45, 7) is 6.65. The Balaban J connectivity index is 2.55. The van der Waals surface area contributed by atoms with E-state index in [0.29, 0.717) is 0 Å². The highest BCUT2D eigenvalue weighted by Crippen LogP contribution is 2.33. The van der Waals surface area contributed by atoms with Crippen LogP contribution in [0.4, 0.5) is 0 Å². The second-order valence-corrected chi connectivity index (χ2v) is 5.64. The third kappa shape index (κ3) is 3.03. The molecule has 0 spiro atoms. The summed E-state index contributed by atoms with van der Waals surface area (Å²) in [4.78, 5) is 1.14. The zero-order valence-electron chi connectivity index (χ0n) is 12.0. The van der Waals surface area contributed by atoms with E-state index in [1.54, 1.807) is 0 Å². The smallest absolute Gasteiger partial charge is 0.00777 e. The average molecular weight is 270 g/mol. The lowest BCUT2D eigenvalue weighted by Crippen LogP contribution is -1.98. The van der Waals surface area contributed by atoms with E-state index in [0.717, 1.165) is 11.3 Å². The lowest BCUT2D eigenvalue weighted by molar-refractivity contribution is 0.781. The molecule has 0 unspecified atom stereocenters. The molecular weight excluding hydrogens is 248 g/mol. The molecule has 2 aromatic rings. The van der Waals surface area contributed by atoms with Gasteiger partial charge in [0.05, 0.1) is 0 Å². The first-order chi connectivity index (χ1) is 9.15. The van der Waals surface area contributed by atoms with Crippen LogP contribution in [0, 0.1) is 13.8 Å². The van der Waals surface area contributed by atoms with Gasteiger partial charge < -0.3 is 0 Å². The summed E-state index contributed by atoms with van der Waals surface area (Å²) >= 11 is 4.67. The fraction of sp³-hybridized carbons (Fsp3) is 0.333. The van der Waals surface area contributed by atoms with Crippen molar-refractivity contribution < 1.29 is 0 Å². The molecule has 100 valence electrons. The van der Waals surface area contributed by atoms with Gasteiger partial charge in [-0.1, -0.05) is 43.7 Å². The second-order valence-electron chi connectivity index (χ2n) is 5.16. The standard InChI is InChI=1S/C18H22S/c1-4-5-11-16-14(3)18(13(2)12-17(16)19)15-9-7-6-8-10-15/h6-10,12,19H,4-5,11H2,1-3H3. The van der Waals surface area contributed by atoms with Gasteiger partial charge in [0.1, 0.15) is 0 Å². The van der Waals surface area contributed by atoms with E-state index in [9.17, 15) is 0 Å². The molecule has 0 aliphatic heterocycles. The van der Waals surface area contributed by atoms with Gasteiger partial charge in [0.25, 0.3) is 0 Å². The number of benzene rings is 2. The van der Waals surface area contributed by atoms with Crippen molar-refractivity contribution in [3.8, 4) is 11.1 Å². The van der Waals surface area contributed by atoms with E-state index in [-0.39, 0.29) is 0 Å². The summed E-state index contributed by atoms with van der Waals surface area (Å²) in [6, 6.07) is 12.9. The first-order valence-electron chi connectivity index (χ1n) is 7.02. The molecule has 2 rings (SSSR count). The minimum atomic E-state index is 1.13. The Bertz CT molecular complexity index is 556. The van der Waals surface area contributed by atoms with Crippen LogP contribution < -0.4 is 0 Å². The normalized spacial score (nSPS) is 10.7. The van der Waals surface area contributed by atoms with Gasteiger partial charge in [0.2, 0.25) is 0 Å². The van der Waals surface area contributed by atoms with E-state index >= 15 is 0 Å². The minimum absolute atomic E-state index is 1.13. The molecular formula is C18H22S. The number of hydrogen-bond acceptors (Lipinski definition) is 1. The van der Waals surface area contributed by atoms with Gasteiger partial charge in [0, 0.05) is 4.90 Å². The van der Waals surface area contributed by atoms with Crippen molar-refractivity contribution in [3.63, 3.8) is 0 Å². The van der Waals surface area contributed by atoms with Crippen LogP contribution in [0.3, 0.4) is 0 Å². The van der Waals surface area contributed by atoms with Gasteiger partial charge in [-0.05, 0) is 60.6 Å². The summed E-state index contributed by atoms with van der Waals surface area (Å²) in [5, 5.41) is 0.